The summed E-state index contributed by atoms with van der Waals surface area (Å²) in [6.07, 6.45) is 6.31. The quantitative estimate of drug-likeness (QED) is 0.728. The summed E-state index contributed by atoms with van der Waals surface area (Å²) in [5, 5.41) is 18.3. The molecule has 2 aromatic rings. The van der Waals surface area contributed by atoms with Crippen molar-refractivity contribution in [3.8, 4) is 11.1 Å². The second-order valence-corrected chi connectivity index (χ2v) is 6.31. The normalized spacial score (nSPS) is 12.2. The van der Waals surface area contributed by atoms with Crippen LogP contribution in [0.2, 0.25) is 0 Å². The molecule has 0 radical (unpaired) electrons. The molecule has 0 aliphatic heterocycles. The highest BCUT2D eigenvalue weighted by molar-refractivity contribution is 6.58. The van der Waals surface area contributed by atoms with Crippen LogP contribution in [-0.2, 0) is 6.42 Å². The summed E-state index contributed by atoms with van der Waals surface area (Å²) in [7, 11) is -1.40. The SMILES string of the molecule is CCCCC(CC)Cc1ccc(-c2ccc(B(O)O)cc2)cc1. The maximum atomic E-state index is 9.15. The van der Waals surface area contributed by atoms with E-state index in [0.717, 1.165) is 23.5 Å². The predicted molar refractivity (Wildman–Crippen MR) is 98.7 cm³/mol. The zero-order valence-electron chi connectivity index (χ0n) is 14.2. The monoisotopic (exact) mass is 310 g/mol. The summed E-state index contributed by atoms with van der Waals surface area (Å²) in [4.78, 5) is 0. The van der Waals surface area contributed by atoms with Crippen molar-refractivity contribution in [1.29, 1.82) is 0 Å². The van der Waals surface area contributed by atoms with E-state index in [2.05, 4.69) is 38.1 Å². The highest BCUT2D eigenvalue weighted by Gasteiger charge is 2.10. The Balaban J connectivity index is 2.03. The number of benzene rings is 2. The first-order chi connectivity index (χ1) is 11.1. The molecule has 0 saturated carbocycles. The van der Waals surface area contributed by atoms with Gasteiger partial charge in [0.2, 0.25) is 0 Å². The molecule has 0 aliphatic rings. The third kappa shape index (κ3) is 5.23. The average molecular weight is 310 g/mol. The molecule has 23 heavy (non-hydrogen) atoms. The Morgan fingerprint density at radius 1 is 0.870 bits per heavy atom. The van der Waals surface area contributed by atoms with Crippen LogP contribution in [0, 0.1) is 5.92 Å². The van der Waals surface area contributed by atoms with Crippen molar-refractivity contribution >= 4 is 12.6 Å². The lowest BCUT2D eigenvalue weighted by atomic mass is 9.80. The van der Waals surface area contributed by atoms with Gasteiger partial charge >= 0.3 is 7.12 Å². The minimum absolute atomic E-state index is 0.520. The summed E-state index contributed by atoms with van der Waals surface area (Å²) in [6.45, 7) is 4.54. The first-order valence-corrected chi connectivity index (χ1v) is 8.69. The summed E-state index contributed by atoms with van der Waals surface area (Å²) in [6, 6.07) is 16.1. The number of hydrogen-bond donors (Lipinski definition) is 2. The van der Waals surface area contributed by atoms with Crippen LogP contribution in [0.4, 0.5) is 0 Å². The van der Waals surface area contributed by atoms with Crippen molar-refractivity contribution in [2.24, 2.45) is 5.92 Å². The van der Waals surface area contributed by atoms with E-state index in [9.17, 15) is 0 Å². The Morgan fingerprint density at radius 2 is 1.43 bits per heavy atom. The fourth-order valence-electron chi connectivity index (χ4n) is 2.96. The highest BCUT2D eigenvalue weighted by Crippen LogP contribution is 2.22. The molecule has 0 aliphatic carbocycles. The van der Waals surface area contributed by atoms with Crippen molar-refractivity contribution in [1.82, 2.24) is 0 Å². The van der Waals surface area contributed by atoms with E-state index < -0.39 is 7.12 Å². The van der Waals surface area contributed by atoms with Crippen LogP contribution in [0.1, 0.15) is 45.1 Å². The Hall–Kier alpha value is -1.58. The lowest BCUT2D eigenvalue weighted by Crippen LogP contribution is -2.29. The molecule has 0 heterocycles. The van der Waals surface area contributed by atoms with Gasteiger partial charge in [-0.2, -0.15) is 0 Å². The molecule has 2 nitrogen and oxygen atoms in total. The first kappa shape index (κ1) is 17.8. The number of hydrogen-bond acceptors (Lipinski definition) is 2. The maximum absolute atomic E-state index is 9.15. The van der Waals surface area contributed by atoms with Gasteiger partial charge in [-0.25, -0.2) is 0 Å². The van der Waals surface area contributed by atoms with E-state index in [1.54, 1.807) is 12.1 Å². The van der Waals surface area contributed by atoms with Crippen LogP contribution >= 0.6 is 0 Å². The molecule has 122 valence electrons. The van der Waals surface area contributed by atoms with Crippen molar-refractivity contribution < 1.29 is 10.0 Å². The van der Waals surface area contributed by atoms with Gasteiger partial charge in [0.05, 0.1) is 0 Å². The zero-order chi connectivity index (χ0) is 16.7. The van der Waals surface area contributed by atoms with E-state index in [1.807, 2.05) is 12.1 Å². The molecule has 2 rings (SSSR count). The summed E-state index contributed by atoms with van der Waals surface area (Å²) < 4.78 is 0. The Kier molecular flexibility index (Phi) is 6.88. The fourth-order valence-corrected chi connectivity index (χ4v) is 2.96. The van der Waals surface area contributed by atoms with Gasteiger partial charge in [0, 0.05) is 0 Å². The standard InChI is InChI=1S/C20H27BO2/c1-3-5-6-16(4-2)15-17-7-9-18(10-8-17)19-11-13-20(14-12-19)21(22)23/h7-14,16,22-23H,3-6,15H2,1-2H3. The molecule has 3 heteroatoms. The molecule has 0 amide bonds. The average Bonchev–Trinajstić information content (AvgIpc) is 2.59. The minimum Gasteiger partial charge on any atom is -0.423 e. The highest BCUT2D eigenvalue weighted by atomic mass is 16.4. The lowest BCUT2D eigenvalue weighted by Gasteiger charge is -2.14. The van der Waals surface area contributed by atoms with E-state index in [0.29, 0.717) is 5.46 Å². The lowest BCUT2D eigenvalue weighted by molar-refractivity contribution is 0.426. The first-order valence-electron chi connectivity index (χ1n) is 8.69. The fraction of sp³-hybridized carbons (Fsp3) is 0.400. The molecule has 2 aromatic carbocycles. The zero-order valence-corrected chi connectivity index (χ0v) is 14.2. The Morgan fingerprint density at radius 3 is 1.91 bits per heavy atom. The van der Waals surface area contributed by atoms with Gasteiger partial charge in [-0.1, -0.05) is 88.1 Å². The van der Waals surface area contributed by atoms with Crippen LogP contribution in [0.3, 0.4) is 0 Å². The summed E-state index contributed by atoms with van der Waals surface area (Å²) in [5.74, 6) is 0.783. The maximum Gasteiger partial charge on any atom is 0.488 e. The second-order valence-electron chi connectivity index (χ2n) is 6.31. The van der Waals surface area contributed by atoms with E-state index in [1.165, 1.54) is 31.2 Å². The molecule has 0 spiro atoms. The molecule has 1 atom stereocenters. The van der Waals surface area contributed by atoms with Crippen LogP contribution in [0.25, 0.3) is 11.1 Å². The molecular formula is C20H27BO2. The van der Waals surface area contributed by atoms with Crippen molar-refractivity contribution in [2.75, 3.05) is 0 Å². The van der Waals surface area contributed by atoms with Gasteiger partial charge in [-0.15, -0.1) is 0 Å². The summed E-state index contributed by atoms with van der Waals surface area (Å²) in [5.41, 5.74) is 4.18. The van der Waals surface area contributed by atoms with Gasteiger partial charge in [0.25, 0.3) is 0 Å². The van der Waals surface area contributed by atoms with E-state index in [-0.39, 0.29) is 0 Å². The smallest absolute Gasteiger partial charge is 0.423 e. The topological polar surface area (TPSA) is 40.5 Å². The van der Waals surface area contributed by atoms with Gasteiger partial charge in [0.1, 0.15) is 0 Å². The largest absolute Gasteiger partial charge is 0.488 e. The van der Waals surface area contributed by atoms with E-state index in [4.69, 9.17) is 10.0 Å². The van der Waals surface area contributed by atoms with Gasteiger partial charge < -0.3 is 10.0 Å². The van der Waals surface area contributed by atoms with Gasteiger partial charge in [0.15, 0.2) is 0 Å². The van der Waals surface area contributed by atoms with Crippen molar-refractivity contribution in [3.63, 3.8) is 0 Å². The van der Waals surface area contributed by atoms with Crippen LogP contribution < -0.4 is 5.46 Å². The number of rotatable bonds is 8. The molecule has 0 bridgehead atoms. The van der Waals surface area contributed by atoms with E-state index >= 15 is 0 Å². The molecular weight excluding hydrogens is 283 g/mol. The third-order valence-electron chi connectivity index (χ3n) is 4.56. The van der Waals surface area contributed by atoms with Gasteiger partial charge in [-0.3, -0.25) is 0 Å². The Bertz CT molecular complexity index is 576. The molecule has 1 unspecified atom stereocenters. The van der Waals surface area contributed by atoms with Crippen LogP contribution in [-0.4, -0.2) is 17.2 Å². The Labute approximate surface area is 140 Å². The van der Waals surface area contributed by atoms with Crippen LogP contribution in [0.5, 0.6) is 0 Å². The van der Waals surface area contributed by atoms with Gasteiger partial charge in [-0.05, 0) is 34.5 Å². The predicted octanol–water partition coefficient (Wildman–Crippen LogP) is 3.79. The molecule has 2 N–H and O–H groups in total. The molecule has 0 saturated heterocycles. The number of unbranched alkanes of at least 4 members (excludes halogenated alkanes) is 1. The van der Waals surface area contributed by atoms with Crippen molar-refractivity contribution in [2.45, 2.75) is 46.0 Å². The van der Waals surface area contributed by atoms with Crippen LogP contribution in [0.15, 0.2) is 48.5 Å². The third-order valence-corrected chi connectivity index (χ3v) is 4.56. The minimum atomic E-state index is -1.40. The van der Waals surface area contributed by atoms with Crippen molar-refractivity contribution in [3.05, 3.63) is 54.1 Å². The summed E-state index contributed by atoms with van der Waals surface area (Å²) >= 11 is 0. The molecule has 0 fully saturated rings. The second kappa shape index (κ2) is 8.90. The molecule has 0 aromatic heterocycles.